The molecule has 0 aliphatic carbocycles. The molecule has 0 atom stereocenters. The number of hydrogen-bond acceptors (Lipinski definition) is 2. The van der Waals surface area contributed by atoms with Crippen LogP contribution in [0, 0.1) is 10.5 Å². The maximum absolute atomic E-state index is 10.9. The van der Waals surface area contributed by atoms with Gasteiger partial charge in [-0.3, -0.25) is 9.59 Å². The van der Waals surface area contributed by atoms with E-state index in [1.165, 1.54) is 0 Å². The Morgan fingerprint density at radius 2 is 2.15 bits per heavy atom. The summed E-state index contributed by atoms with van der Waals surface area (Å²) in [6.45, 7) is 1.75. The Bertz CT molecular complexity index is 374. The number of hydrogen-bond donors (Lipinski definition) is 0. The molecule has 0 heterocycles. The van der Waals surface area contributed by atoms with E-state index >= 15 is 0 Å². The summed E-state index contributed by atoms with van der Waals surface area (Å²) in [6, 6.07) is 3.28. The van der Waals surface area contributed by atoms with E-state index in [1.54, 1.807) is 19.1 Å². The molecule has 0 aromatic heterocycles. The van der Waals surface area contributed by atoms with Gasteiger partial charge in [-0.1, -0.05) is 0 Å². The molecule has 4 heteroatoms. The molecule has 0 spiro atoms. The van der Waals surface area contributed by atoms with Crippen LogP contribution in [0.5, 0.6) is 0 Å². The zero-order valence-corrected chi connectivity index (χ0v) is 9.72. The number of rotatable bonds is 2. The summed E-state index contributed by atoms with van der Waals surface area (Å²) in [4.78, 5) is 21.4. The van der Waals surface area contributed by atoms with Crippen molar-refractivity contribution < 1.29 is 9.59 Å². The van der Waals surface area contributed by atoms with Crippen molar-refractivity contribution >= 4 is 45.7 Å². The topological polar surface area (TPSA) is 34.1 Å². The SMILES string of the molecule is Cc1cc(C=O)c(I)cc1C(=O)Cl. The van der Waals surface area contributed by atoms with Crippen LogP contribution >= 0.6 is 34.2 Å². The van der Waals surface area contributed by atoms with Crippen LogP contribution in [0.4, 0.5) is 0 Å². The maximum atomic E-state index is 10.9. The Morgan fingerprint density at radius 1 is 1.54 bits per heavy atom. The molecule has 0 fully saturated rings. The second kappa shape index (κ2) is 4.19. The highest BCUT2D eigenvalue weighted by molar-refractivity contribution is 14.1. The minimum atomic E-state index is -0.493. The van der Waals surface area contributed by atoms with E-state index in [2.05, 4.69) is 0 Å². The number of aryl methyl sites for hydroxylation is 1. The summed E-state index contributed by atoms with van der Waals surface area (Å²) in [6.07, 6.45) is 0.761. The zero-order chi connectivity index (χ0) is 10.0. The van der Waals surface area contributed by atoms with Crippen molar-refractivity contribution in [1.82, 2.24) is 0 Å². The lowest BCUT2D eigenvalue weighted by molar-refractivity contribution is 0.107. The lowest BCUT2D eigenvalue weighted by atomic mass is 10.1. The van der Waals surface area contributed by atoms with Crippen molar-refractivity contribution in [2.75, 3.05) is 0 Å². The van der Waals surface area contributed by atoms with Gasteiger partial charge in [0.15, 0.2) is 6.29 Å². The first-order valence-electron chi connectivity index (χ1n) is 3.51. The summed E-state index contributed by atoms with van der Waals surface area (Å²) < 4.78 is 0.738. The van der Waals surface area contributed by atoms with Crippen molar-refractivity contribution in [3.05, 3.63) is 32.4 Å². The van der Waals surface area contributed by atoms with Gasteiger partial charge in [-0.15, -0.1) is 0 Å². The average Bonchev–Trinajstić information content (AvgIpc) is 2.07. The number of benzene rings is 1. The van der Waals surface area contributed by atoms with Crippen LogP contribution in [0.15, 0.2) is 12.1 Å². The van der Waals surface area contributed by atoms with Gasteiger partial charge in [-0.2, -0.15) is 0 Å². The summed E-state index contributed by atoms with van der Waals surface area (Å²) >= 11 is 7.34. The Kier molecular flexibility index (Phi) is 3.44. The second-order valence-electron chi connectivity index (χ2n) is 2.58. The molecule has 0 saturated heterocycles. The minimum Gasteiger partial charge on any atom is -0.298 e. The number of carbonyl (C=O) groups is 2. The van der Waals surface area contributed by atoms with Gasteiger partial charge in [0.25, 0.3) is 5.24 Å². The molecule has 1 rings (SSSR count). The third-order valence-electron chi connectivity index (χ3n) is 1.68. The Labute approximate surface area is 94.4 Å². The van der Waals surface area contributed by atoms with Gasteiger partial charge in [0, 0.05) is 14.7 Å². The first-order chi connectivity index (χ1) is 6.06. The molecule has 0 unspecified atom stereocenters. The molecule has 13 heavy (non-hydrogen) atoms. The third kappa shape index (κ3) is 2.28. The van der Waals surface area contributed by atoms with Gasteiger partial charge >= 0.3 is 0 Å². The molecule has 1 aromatic carbocycles. The summed E-state index contributed by atoms with van der Waals surface area (Å²) in [5.74, 6) is 0. The highest BCUT2D eigenvalue weighted by Crippen LogP contribution is 2.18. The van der Waals surface area contributed by atoms with Gasteiger partial charge in [-0.05, 0) is 58.8 Å². The van der Waals surface area contributed by atoms with E-state index in [4.69, 9.17) is 11.6 Å². The Balaban J connectivity index is 3.36. The Morgan fingerprint density at radius 3 is 2.62 bits per heavy atom. The van der Waals surface area contributed by atoms with E-state index in [0.717, 1.165) is 15.4 Å². The fourth-order valence-electron chi connectivity index (χ4n) is 1.01. The van der Waals surface area contributed by atoms with Crippen molar-refractivity contribution in [1.29, 1.82) is 0 Å². The van der Waals surface area contributed by atoms with E-state index < -0.39 is 5.24 Å². The van der Waals surface area contributed by atoms with Crippen LogP contribution in [0.25, 0.3) is 0 Å². The number of halogens is 2. The van der Waals surface area contributed by atoms with Gasteiger partial charge in [-0.25, -0.2) is 0 Å². The van der Waals surface area contributed by atoms with E-state index in [9.17, 15) is 9.59 Å². The summed E-state index contributed by atoms with van der Waals surface area (Å²) in [7, 11) is 0. The quantitative estimate of drug-likeness (QED) is 0.478. The standard InChI is InChI=1S/C9H6ClIO2/c1-5-2-6(4-12)8(11)3-7(5)9(10)13/h2-4H,1H3. The predicted molar refractivity (Wildman–Crippen MR) is 59.5 cm³/mol. The van der Waals surface area contributed by atoms with Crippen molar-refractivity contribution in [2.45, 2.75) is 6.92 Å². The number of carbonyl (C=O) groups excluding carboxylic acids is 2. The van der Waals surface area contributed by atoms with Gasteiger partial charge in [0.05, 0.1) is 0 Å². The minimum absolute atomic E-state index is 0.455. The molecular formula is C9H6ClIO2. The molecule has 0 amide bonds. The first-order valence-corrected chi connectivity index (χ1v) is 4.97. The highest BCUT2D eigenvalue weighted by Gasteiger charge is 2.09. The monoisotopic (exact) mass is 308 g/mol. The molecule has 0 aliphatic heterocycles. The first kappa shape index (κ1) is 10.7. The predicted octanol–water partition coefficient (Wildman–Crippen LogP) is 2.79. The fraction of sp³-hybridized carbons (Fsp3) is 0.111. The van der Waals surface area contributed by atoms with Crippen LogP contribution in [0.3, 0.4) is 0 Å². The molecule has 2 nitrogen and oxygen atoms in total. The van der Waals surface area contributed by atoms with Crippen LogP contribution in [0.2, 0.25) is 0 Å². The molecule has 68 valence electrons. The van der Waals surface area contributed by atoms with E-state index in [-0.39, 0.29) is 0 Å². The molecular weight excluding hydrogens is 302 g/mol. The Hall–Kier alpha value is -0.420. The highest BCUT2D eigenvalue weighted by atomic mass is 127. The van der Waals surface area contributed by atoms with E-state index in [0.29, 0.717) is 11.1 Å². The molecule has 0 radical (unpaired) electrons. The average molecular weight is 309 g/mol. The van der Waals surface area contributed by atoms with Crippen LogP contribution in [-0.2, 0) is 0 Å². The van der Waals surface area contributed by atoms with Gasteiger partial charge in [0.2, 0.25) is 0 Å². The van der Waals surface area contributed by atoms with E-state index in [1.807, 2.05) is 22.6 Å². The lowest BCUT2D eigenvalue weighted by Gasteiger charge is -2.03. The van der Waals surface area contributed by atoms with Crippen LogP contribution in [0.1, 0.15) is 26.3 Å². The third-order valence-corrected chi connectivity index (χ3v) is 2.82. The summed E-state index contributed by atoms with van der Waals surface area (Å²) in [5.41, 5.74) is 1.76. The molecule has 0 saturated carbocycles. The maximum Gasteiger partial charge on any atom is 0.252 e. The largest absolute Gasteiger partial charge is 0.298 e. The number of aldehydes is 1. The van der Waals surface area contributed by atoms with Gasteiger partial charge < -0.3 is 0 Å². The van der Waals surface area contributed by atoms with Crippen molar-refractivity contribution in [2.24, 2.45) is 0 Å². The zero-order valence-electron chi connectivity index (χ0n) is 6.80. The normalized spacial score (nSPS) is 9.77. The van der Waals surface area contributed by atoms with Gasteiger partial charge in [0.1, 0.15) is 0 Å². The fourth-order valence-corrected chi connectivity index (χ4v) is 1.80. The second-order valence-corrected chi connectivity index (χ2v) is 4.09. The van der Waals surface area contributed by atoms with Crippen molar-refractivity contribution in [3.63, 3.8) is 0 Å². The smallest absolute Gasteiger partial charge is 0.252 e. The van der Waals surface area contributed by atoms with Crippen LogP contribution < -0.4 is 0 Å². The molecule has 0 aliphatic rings. The summed E-state index contributed by atoms with van der Waals surface area (Å²) in [5, 5.41) is -0.493. The van der Waals surface area contributed by atoms with Crippen molar-refractivity contribution in [3.8, 4) is 0 Å². The van der Waals surface area contributed by atoms with Crippen LogP contribution in [-0.4, -0.2) is 11.5 Å². The molecule has 0 N–H and O–H groups in total. The molecule has 1 aromatic rings. The molecule has 0 bridgehead atoms. The lowest BCUT2D eigenvalue weighted by Crippen LogP contribution is -1.97.